The van der Waals surface area contributed by atoms with Crippen molar-refractivity contribution in [3.8, 4) is 6.07 Å². The summed E-state index contributed by atoms with van der Waals surface area (Å²) in [6, 6.07) is 2.32. The van der Waals surface area contributed by atoms with Crippen LogP contribution in [0.4, 0.5) is 0 Å². The standard InChI is InChI=1S/C12H18ClN3/c1-12(2,9-14)5-3-4-6-16-8-11(7-13)15-10-16/h8,10H,3-7H2,1-2H3. The zero-order valence-electron chi connectivity index (χ0n) is 9.91. The number of unbranched alkanes of at least 4 members (excludes halogenated alkanes) is 1. The van der Waals surface area contributed by atoms with Crippen molar-refractivity contribution in [2.24, 2.45) is 5.41 Å². The highest BCUT2D eigenvalue weighted by Gasteiger charge is 2.15. The van der Waals surface area contributed by atoms with Crippen LogP contribution in [0.2, 0.25) is 0 Å². The van der Waals surface area contributed by atoms with Crippen LogP contribution < -0.4 is 0 Å². The van der Waals surface area contributed by atoms with Crippen LogP contribution in [0, 0.1) is 16.7 Å². The van der Waals surface area contributed by atoms with Crippen LogP contribution in [-0.4, -0.2) is 9.55 Å². The number of nitrogens with zero attached hydrogens (tertiary/aromatic N) is 3. The van der Waals surface area contributed by atoms with Gasteiger partial charge in [0, 0.05) is 12.7 Å². The van der Waals surface area contributed by atoms with E-state index in [9.17, 15) is 0 Å². The van der Waals surface area contributed by atoms with Gasteiger partial charge in [0.15, 0.2) is 0 Å². The Bertz CT molecular complexity index is 363. The van der Waals surface area contributed by atoms with E-state index in [1.54, 1.807) is 0 Å². The smallest absolute Gasteiger partial charge is 0.0949 e. The Morgan fingerprint density at radius 1 is 1.50 bits per heavy atom. The molecule has 0 atom stereocenters. The van der Waals surface area contributed by atoms with Crippen molar-refractivity contribution in [2.75, 3.05) is 0 Å². The van der Waals surface area contributed by atoms with Crippen LogP contribution in [0.25, 0.3) is 0 Å². The van der Waals surface area contributed by atoms with Crippen LogP contribution in [0.15, 0.2) is 12.5 Å². The Morgan fingerprint density at radius 2 is 2.25 bits per heavy atom. The van der Waals surface area contributed by atoms with Crippen molar-refractivity contribution >= 4 is 11.6 Å². The second kappa shape index (κ2) is 5.91. The number of hydrogen-bond acceptors (Lipinski definition) is 2. The lowest BCUT2D eigenvalue weighted by Gasteiger charge is -2.14. The van der Waals surface area contributed by atoms with Gasteiger partial charge in [0.05, 0.1) is 29.4 Å². The highest BCUT2D eigenvalue weighted by Crippen LogP contribution is 2.21. The molecule has 0 N–H and O–H groups in total. The van der Waals surface area contributed by atoms with Gasteiger partial charge in [-0.2, -0.15) is 5.26 Å². The highest BCUT2D eigenvalue weighted by molar-refractivity contribution is 6.16. The fraction of sp³-hybridized carbons (Fsp3) is 0.667. The maximum Gasteiger partial charge on any atom is 0.0949 e. The van der Waals surface area contributed by atoms with Crippen LogP contribution in [-0.2, 0) is 12.4 Å². The molecule has 0 saturated heterocycles. The largest absolute Gasteiger partial charge is 0.337 e. The van der Waals surface area contributed by atoms with Gasteiger partial charge in [0.25, 0.3) is 0 Å². The van der Waals surface area contributed by atoms with E-state index >= 15 is 0 Å². The molecule has 0 radical (unpaired) electrons. The third kappa shape index (κ3) is 4.24. The molecule has 88 valence electrons. The van der Waals surface area contributed by atoms with E-state index in [2.05, 4.69) is 15.6 Å². The van der Waals surface area contributed by atoms with E-state index in [0.29, 0.717) is 5.88 Å². The number of alkyl halides is 1. The SMILES string of the molecule is CC(C)(C#N)CCCCn1cnc(CCl)c1. The molecule has 1 aromatic rings. The van der Waals surface area contributed by atoms with Gasteiger partial charge >= 0.3 is 0 Å². The van der Waals surface area contributed by atoms with E-state index < -0.39 is 0 Å². The summed E-state index contributed by atoms with van der Waals surface area (Å²) < 4.78 is 2.05. The van der Waals surface area contributed by atoms with Crippen LogP contribution >= 0.6 is 11.6 Å². The Balaban J connectivity index is 2.24. The van der Waals surface area contributed by atoms with Gasteiger partial charge in [-0.15, -0.1) is 11.6 Å². The first-order valence-electron chi connectivity index (χ1n) is 5.55. The molecule has 0 unspecified atom stereocenters. The summed E-state index contributed by atoms with van der Waals surface area (Å²) in [5, 5.41) is 8.87. The summed E-state index contributed by atoms with van der Waals surface area (Å²) >= 11 is 5.67. The predicted molar refractivity (Wildman–Crippen MR) is 65.0 cm³/mol. The van der Waals surface area contributed by atoms with E-state index in [-0.39, 0.29) is 5.41 Å². The van der Waals surface area contributed by atoms with Gasteiger partial charge < -0.3 is 4.57 Å². The topological polar surface area (TPSA) is 41.6 Å². The number of aromatic nitrogens is 2. The Morgan fingerprint density at radius 3 is 2.81 bits per heavy atom. The number of nitriles is 1. The quantitative estimate of drug-likeness (QED) is 0.564. The molecule has 0 spiro atoms. The molecule has 3 nitrogen and oxygen atoms in total. The number of halogens is 1. The highest BCUT2D eigenvalue weighted by atomic mass is 35.5. The summed E-state index contributed by atoms with van der Waals surface area (Å²) in [4.78, 5) is 4.16. The molecule has 0 saturated carbocycles. The van der Waals surface area contributed by atoms with Gasteiger partial charge in [0.2, 0.25) is 0 Å². The van der Waals surface area contributed by atoms with Crippen LogP contribution in [0.5, 0.6) is 0 Å². The molecule has 0 amide bonds. The van der Waals surface area contributed by atoms with Crippen LogP contribution in [0.1, 0.15) is 38.8 Å². The fourth-order valence-electron chi connectivity index (χ4n) is 1.51. The van der Waals surface area contributed by atoms with Crippen molar-refractivity contribution in [1.82, 2.24) is 9.55 Å². The third-order valence-corrected chi connectivity index (χ3v) is 2.87. The minimum absolute atomic E-state index is 0.198. The van der Waals surface area contributed by atoms with Gasteiger partial charge in [-0.25, -0.2) is 4.98 Å². The van der Waals surface area contributed by atoms with Gasteiger partial charge in [-0.1, -0.05) is 6.42 Å². The van der Waals surface area contributed by atoms with Crippen LogP contribution in [0.3, 0.4) is 0 Å². The minimum Gasteiger partial charge on any atom is -0.337 e. The average Bonchev–Trinajstić information content (AvgIpc) is 2.72. The molecule has 0 bridgehead atoms. The second-order valence-corrected chi connectivity index (χ2v) is 4.96. The molecule has 0 aromatic carbocycles. The molecule has 0 fully saturated rings. The maximum absolute atomic E-state index is 8.87. The number of aryl methyl sites for hydroxylation is 1. The van der Waals surface area contributed by atoms with Crippen molar-refractivity contribution in [3.05, 3.63) is 18.2 Å². The zero-order chi connectivity index (χ0) is 12.0. The Hall–Kier alpha value is -1.01. The van der Waals surface area contributed by atoms with E-state index in [1.807, 2.05) is 26.4 Å². The average molecular weight is 240 g/mol. The molecule has 0 aliphatic rings. The lowest BCUT2D eigenvalue weighted by atomic mass is 9.89. The van der Waals surface area contributed by atoms with Crippen molar-refractivity contribution in [1.29, 1.82) is 5.26 Å². The monoisotopic (exact) mass is 239 g/mol. The maximum atomic E-state index is 8.87. The molecule has 1 rings (SSSR count). The first kappa shape index (κ1) is 13.1. The zero-order valence-corrected chi connectivity index (χ0v) is 10.7. The van der Waals surface area contributed by atoms with Crippen molar-refractivity contribution in [3.63, 3.8) is 0 Å². The minimum atomic E-state index is -0.198. The molecular formula is C12H18ClN3. The van der Waals surface area contributed by atoms with Gasteiger partial charge in [-0.3, -0.25) is 0 Å². The summed E-state index contributed by atoms with van der Waals surface area (Å²) in [5.41, 5.74) is 0.718. The first-order valence-corrected chi connectivity index (χ1v) is 6.09. The van der Waals surface area contributed by atoms with E-state index in [1.165, 1.54) is 0 Å². The lowest BCUT2D eigenvalue weighted by molar-refractivity contribution is 0.417. The number of hydrogen-bond donors (Lipinski definition) is 0. The first-order chi connectivity index (χ1) is 7.57. The lowest BCUT2D eigenvalue weighted by Crippen LogP contribution is -2.07. The van der Waals surface area contributed by atoms with Crippen molar-refractivity contribution in [2.45, 2.75) is 45.5 Å². The van der Waals surface area contributed by atoms with Gasteiger partial charge in [-0.05, 0) is 26.7 Å². The number of rotatable bonds is 6. The molecule has 0 aliphatic carbocycles. The van der Waals surface area contributed by atoms with Gasteiger partial charge in [0.1, 0.15) is 0 Å². The second-order valence-electron chi connectivity index (χ2n) is 4.69. The third-order valence-electron chi connectivity index (χ3n) is 2.59. The van der Waals surface area contributed by atoms with E-state index in [0.717, 1.165) is 31.5 Å². The molecule has 1 heterocycles. The Kier molecular flexibility index (Phi) is 4.82. The molecular weight excluding hydrogens is 222 g/mol. The summed E-state index contributed by atoms with van der Waals surface area (Å²) in [6.07, 6.45) is 6.87. The summed E-state index contributed by atoms with van der Waals surface area (Å²) in [7, 11) is 0. The summed E-state index contributed by atoms with van der Waals surface area (Å²) in [5.74, 6) is 0.467. The normalized spacial score (nSPS) is 11.4. The predicted octanol–water partition coefficient (Wildman–Crippen LogP) is 3.34. The Labute approximate surface area is 102 Å². The van der Waals surface area contributed by atoms with E-state index in [4.69, 9.17) is 16.9 Å². The summed E-state index contributed by atoms with van der Waals surface area (Å²) in [6.45, 7) is 4.91. The molecule has 0 aliphatic heterocycles. The van der Waals surface area contributed by atoms with Crippen molar-refractivity contribution < 1.29 is 0 Å². The molecule has 1 aromatic heterocycles. The fourth-order valence-corrected chi connectivity index (χ4v) is 1.65. The molecule has 16 heavy (non-hydrogen) atoms. The molecule has 4 heteroatoms. The number of imidazole rings is 1.